The first-order chi connectivity index (χ1) is 10.3. The summed E-state index contributed by atoms with van der Waals surface area (Å²) in [5.74, 6) is 0.593. The number of benzene rings is 1. The Morgan fingerprint density at radius 2 is 1.91 bits per heavy atom. The lowest BCUT2D eigenvalue weighted by Gasteiger charge is -2.23. The van der Waals surface area contributed by atoms with Crippen LogP contribution in [0.2, 0.25) is 0 Å². The number of hydrogen-bond donors (Lipinski definition) is 2. The van der Waals surface area contributed by atoms with E-state index >= 15 is 0 Å². The molecule has 0 amide bonds. The predicted octanol–water partition coefficient (Wildman–Crippen LogP) is 3.07. The van der Waals surface area contributed by atoms with Crippen molar-refractivity contribution < 1.29 is 8.42 Å². The maximum absolute atomic E-state index is 12.3. The molecule has 0 spiro atoms. The molecule has 1 atom stereocenters. The Kier molecular flexibility index (Phi) is 7.52. The van der Waals surface area contributed by atoms with Crippen molar-refractivity contribution in [2.75, 3.05) is 19.6 Å². The summed E-state index contributed by atoms with van der Waals surface area (Å²) in [6, 6.07) is 7.29. The van der Waals surface area contributed by atoms with Crippen molar-refractivity contribution in [2.45, 2.75) is 50.3 Å². The monoisotopic (exact) mass is 360 g/mol. The van der Waals surface area contributed by atoms with E-state index in [9.17, 15) is 8.42 Å². The second kappa shape index (κ2) is 8.47. The Balaban J connectivity index is 0.00000264. The molecule has 0 radical (unpaired) electrons. The lowest BCUT2D eigenvalue weighted by atomic mass is 9.82. The highest BCUT2D eigenvalue weighted by molar-refractivity contribution is 7.89. The molecular formula is C17H29ClN2O2S. The SMILES string of the molecule is CCC(C)(C)c1ccc(S(=O)(=O)NCCC2CCNC2)cc1.Cl. The molecule has 1 heterocycles. The molecule has 1 aliphatic rings. The fourth-order valence-electron chi connectivity index (χ4n) is 2.73. The summed E-state index contributed by atoms with van der Waals surface area (Å²) in [5.41, 5.74) is 1.25. The van der Waals surface area contributed by atoms with Crippen molar-refractivity contribution in [3.63, 3.8) is 0 Å². The molecule has 1 unspecified atom stereocenters. The van der Waals surface area contributed by atoms with Crippen LogP contribution in [0.3, 0.4) is 0 Å². The number of hydrogen-bond acceptors (Lipinski definition) is 3. The lowest BCUT2D eigenvalue weighted by molar-refractivity contribution is 0.505. The molecule has 1 fully saturated rings. The fraction of sp³-hybridized carbons (Fsp3) is 0.647. The van der Waals surface area contributed by atoms with Crippen LogP contribution >= 0.6 is 12.4 Å². The predicted molar refractivity (Wildman–Crippen MR) is 97.8 cm³/mol. The summed E-state index contributed by atoms with van der Waals surface area (Å²) in [6.45, 7) is 9.05. The second-order valence-electron chi connectivity index (χ2n) is 6.81. The van der Waals surface area contributed by atoms with Crippen molar-refractivity contribution in [3.8, 4) is 0 Å². The van der Waals surface area contributed by atoms with Crippen LogP contribution in [-0.2, 0) is 15.4 Å². The van der Waals surface area contributed by atoms with Gasteiger partial charge in [0.05, 0.1) is 4.90 Å². The highest BCUT2D eigenvalue weighted by atomic mass is 35.5. The highest BCUT2D eigenvalue weighted by Gasteiger charge is 2.20. The first-order valence-electron chi connectivity index (χ1n) is 8.16. The molecule has 1 saturated heterocycles. The van der Waals surface area contributed by atoms with Crippen molar-refractivity contribution >= 4 is 22.4 Å². The number of halogens is 1. The van der Waals surface area contributed by atoms with Crippen molar-refractivity contribution in [1.29, 1.82) is 0 Å². The fourth-order valence-corrected chi connectivity index (χ4v) is 3.78. The third-order valence-electron chi connectivity index (χ3n) is 4.84. The van der Waals surface area contributed by atoms with Gasteiger partial charge in [0.25, 0.3) is 0 Å². The zero-order valence-corrected chi connectivity index (χ0v) is 15.9. The Morgan fingerprint density at radius 3 is 2.43 bits per heavy atom. The summed E-state index contributed by atoms with van der Waals surface area (Å²) in [6.07, 6.45) is 3.06. The van der Waals surface area contributed by atoms with E-state index in [0.29, 0.717) is 17.4 Å². The molecule has 0 aliphatic carbocycles. The minimum atomic E-state index is -3.39. The van der Waals surface area contributed by atoms with Crippen molar-refractivity contribution in [2.24, 2.45) is 5.92 Å². The minimum absolute atomic E-state index is 0. The smallest absolute Gasteiger partial charge is 0.240 e. The number of sulfonamides is 1. The minimum Gasteiger partial charge on any atom is -0.316 e. The van der Waals surface area contributed by atoms with E-state index in [2.05, 4.69) is 30.8 Å². The van der Waals surface area contributed by atoms with Gasteiger partial charge >= 0.3 is 0 Å². The molecule has 6 heteroatoms. The molecule has 2 N–H and O–H groups in total. The summed E-state index contributed by atoms with van der Waals surface area (Å²) in [4.78, 5) is 0.354. The van der Waals surface area contributed by atoms with Gasteiger partial charge in [-0.05, 0) is 61.4 Å². The Morgan fingerprint density at radius 1 is 1.26 bits per heavy atom. The third kappa shape index (κ3) is 5.45. The van der Waals surface area contributed by atoms with Gasteiger partial charge in [0, 0.05) is 6.54 Å². The quantitative estimate of drug-likeness (QED) is 0.785. The standard InChI is InChI=1S/C17H28N2O2S.ClH/c1-4-17(2,3)15-5-7-16(8-6-15)22(20,21)19-12-10-14-9-11-18-13-14;/h5-8,14,18-19H,4,9-13H2,1-3H3;1H. The van der Waals surface area contributed by atoms with Gasteiger partial charge in [-0.15, -0.1) is 12.4 Å². The van der Waals surface area contributed by atoms with E-state index in [0.717, 1.165) is 32.4 Å². The molecule has 1 aromatic rings. The van der Waals surface area contributed by atoms with Gasteiger partial charge in [0.1, 0.15) is 0 Å². The first kappa shape index (κ1) is 20.4. The number of rotatable bonds is 7. The maximum Gasteiger partial charge on any atom is 0.240 e. The van der Waals surface area contributed by atoms with Gasteiger partial charge in [0.15, 0.2) is 0 Å². The molecule has 23 heavy (non-hydrogen) atoms. The van der Waals surface area contributed by atoms with Crippen LogP contribution in [0, 0.1) is 5.92 Å². The zero-order valence-electron chi connectivity index (χ0n) is 14.3. The molecule has 1 aromatic carbocycles. The summed E-state index contributed by atoms with van der Waals surface area (Å²) in [7, 11) is -3.39. The average Bonchev–Trinajstić information content (AvgIpc) is 3.00. The highest BCUT2D eigenvalue weighted by Crippen LogP contribution is 2.27. The van der Waals surface area contributed by atoms with E-state index in [4.69, 9.17) is 0 Å². The average molecular weight is 361 g/mol. The molecule has 4 nitrogen and oxygen atoms in total. The van der Waals surface area contributed by atoms with Crippen LogP contribution < -0.4 is 10.0 Å². The van der Waals surface area contributed by atoms with Gasteiger partial charge in [-0.1, -0.05) is 32.9 Å². The van der Waals surface area contributed by atoms with Crippen LogP contribution in [-0.4, -0.2) is 28.1 Å². The van der Waals surface area contributed by atoms with Crippen LogP contribution in [0.25, 0.3) is 0 Å². The van der Waals surface area contributed by atoms with E-state index in [1.165, 1.54) is 5.56 Å². The van der Waals surface area contributed by atoms with E-state index in [-0.39, 0.29) is 17.8 Å². The first-order valence-corrected chi connectivity index (χ1v) is 9.64. The molecule has 132 valence electrons. The molecule has 2 rings (SSSR count). The second-order valence-corrected chi connectivity index (χ2v) is 8.57. The summed E-state index contributed by atoms with van der Waals surface area (Å²) in [5, 5.41) is 3.30. The molecule has 0 saturated carbocycles. The summed E-state index contributed by atoms with van der Waals surface area (Å²) < 4.78 is 27.3. The topological polar surface area (TPSA) is 58.2 Å². The van der Waals surface area contributed by atoms with Gasteiger partial charge in [0.2, 0.25) is 10.0 Å². The maximum atomic E-state index is 12.3. The van der Waals surface area contributed by atoms with Crippen LogP contribution in [0.15, 0.2) is 29.2 Å². The normalized spacial score (nSPS) is 18.7. The van der Waals surface area contributed by atoms with Crippen LogP contribution in [0.4, 0.5) is 0 Å². The zero-order chi connectivity index (χ0) is 16.2. The molecule has 0 aromatic heterocycles. The lowest BCUT2D eigenvalue weighted by Crippen LogP contribution is -2.27. The van der Waals surface area contributed by atoms with E-state index < -0.39 is 10.0 Å². The van der Waals surface area contributed by atoms with Gasteiger partial charge in [-0.25, -0.2) is 13.1 Å². The van der Waals surface area contributed by atoms with Gasteiger partial charge in [-0.3, -0.25) is 0 Å². The Labute approximate surface area is 146 Å². The van der Waals surface area contributed by atoms with Crippen molar-refractivity contribution in [1.82, 2.24) is 10.0 Å². The molecular weight excluding hydrogens is 332 g/mol. The molecule has 0 bridgehead atoms. The van der Waals surface area contributed by atoms with Gasteiger partial charge < -0.3 is 5.32 Å². The van der Waals surface area contributed by atoms with Crippen LogP contribution in [0.1, 0.15) is 45.6 Å². The van der Waals surface area contributed by atoms with E-state index in [1.807, 2.05) is 12.1 Å². The Bertz CT molecular complexity index is 579. The van der Waals surface area contributed by atoms with Crippen molar-refractivity contribution in [3.05, 3.63) is 29.8 Å². The molecule has 1 aliphatic heterocycles. The van der Waals surface area contributed by atoms with E-state index in [1.54, 1.807) is 12.1 Å². The largest absolute Gasteiger partial charge is 0.316 e. The number of nitrogens with one attached hydrogen (secondary N) is 2. The third-order valence-corrected chi connectivity index (χ3v) is 6.31. The summed E-state index contributed by atoms with van der Waals surface area (Å²) >= 11 is 0. The van der Waals surface area contributed by atoms with Crippen LogP contribution in [0.5, 0.6) is 0 Å². The van der Waals surface area contributed by atoms with Gasteiger partial charge in [-0.2, -0.15) is 0 Å². The Hall–Kier alpha value is -0.620.